The SMILES string of the molecule is NC(=O)[C@]1(c2cnccn2)CCCN1C(=O)COc1ccccc1. The Morgan fingerprint density at radius 3 is 2.71 bits per heavy atom. The summed E-state index contributed by atoms with van der Waals surface area (Å²) in [5.74, 6) is -0.316. The molecule has 0 aliphatic carbocycles. The van der Waals surface area contributed by atoms with Gasteiger partial charge in [-0.2, -0.15) is 0 Å². The van der Waals surface area contributed by atoms with Crippen molar-refractivity contribution in [3.8, 4) is 5.75 Å². The Morgan fingerprint density at radius 1 is 1.25 bits per heavy atom. The van der Waals surface area contributed by atoms with Crippen LogP contribution in [0.3, 0.4) is 0 Å². The van der Waals surface area contributed by atoms with Crippen molar-refractivity contribution in [2.24, 2.45) is 5.73 Å². The Balaban J connectivity index is 1.82. The van der Waals surface area contributed by atoms with Gasteiger partial charge in [-0.3, -0.25) is 19.6 Å². The highest BCUT2D eigenvalue weighted by atomic mass is 16.5. The van der Waals surface area contributed by atoms with Crippen molar-refractivity contribution in [3.63, 3.8) is 0 Å². The van der Waals surface area contributed by atoms with Gasteiger partial charge >= 0.3 is 0 Å². The molecule has 1 aliphatic rings. The summed E-state index contributed by atoms with van der Waals surface area (Å²) in [6.07, 6.45) is 5.57. The molecule has 24 heavy (non-hydrogen) atoms. The minimum atomic E-state index is -1.26. The van der Waals surface area contributed by atoms with Gasteiger partial charge in [0.1, 0.15) is 5.75 Å². The van der Waals surface area contributed by atoms with Crippen LogP contribution in [0, 0.1) is 0 Å². The summed E-state index contributed by atoms with van der Waals surface area (Å²) in [5.41, 5.74) is 4.79. The number of rotatable bonds is 5. The first kappa shape index (κ1) is 15.9. The highest BCUT2D eigenvalue weighted by molar-refractivity contribution is 5.92. The molecule has 7 heteroatoms. The van der Waals surface area contributed by atoms with Crippen LogP contribution in [-0.2, 0) is 15.1 Å². The second-order valence-electron chi connectivity index (χ2n) is 5.57. The molecule has 0 saturated carbocycles. The van der Waals surface area contributed by atoms with Gasteiger partial charge in [0.05, 0.1) is 11.9 Å². The summed E-state index contributed by atoms with van der Waals surface area (Å²) >= 11 is 0. The average molecular weight is 326 g/mol. The van der Waals surface area contributed by atoms with Gasteiger partial charge in [-0.15, -0.1) is 0 Å². The molecule has 2 aromatic rings. The molecule has 2 heterocycles. The van der Waals surface area contributed by atoms with E-state index in [0.29, 0.717) is 30.8 Å². The number of para-hydroxylation sites is 1. The second-order valence-corrected chi connectivity index (χ2v) is 5.57. The number of hydrogen-bond acceptors (Lipinski definition) is 5. The average Bonchev–Trinajstić information content (AvgIpc) is 3.07. The van der Waals surface area contributed by atoms with Gasteiger partial charge < -0.3 is 15.4 Å². The molecule has 0 radical (unpaired) electrons. The molecule has 2 N–H and O–H groups in total. The lowest BCUT2D eigenvalue weighted by molar-refractivity contribution is -0.146. The van der Waals surface area contributed by atoms with E-state index in [0.717, 1.165) is 0 Å². The highest BCUT2D eigenvalue weighted by Crippen LogP contribution is 2.37. The second kappa shape index (κ2) is 6.66. The van der Waals surface area contributed by atoms with Crippen molar-refractivity contribution >= 4 is 11.8 Å². The van der Waals surface area contributed by atoms with Crippen molar-refractivity contribution in [2.45, 2.75) is 18.4 Å². The topological polar surface area (TPSA) is 98.4 Å². The summed E-state index contributed by atoms with van der Waals surface area (Å²) in [4.78, 5) is 34.6. The number of nitrogens with zero attached hydrogens (tertiary/aromatic N) is 3. The molecule has 0 spiro atoms. The molecule has 124 valence electrons. The Kier molecular flexibility index (Phi) is 4.41. The van der Waals surface area contributed by atoms with E-state index < -0.39 is 11.4 Å². The molecule has 1 aromatic carbocycles. The molecule has 2 amide bonds. The van der Waals surface area contributed by atoms with Gasteiger partial charge in [0.25, 0.3) is 5.91 Å². The van der Waals surface area contributed by atoms with Gasteiger partial charge in [0, 0.05) is 18.9 Å². The van der Waals surface area contributed by atoms with Crippen LogP contribution < -0.4 is 10.5 Å². The summed E-state index contributed by atoms with van der Waals surface area (Å²) in [6, 6.07) is 9.04. The van der Waals surface area contributed by atoms with Gasteiger partial charge in [-0.25, -0.2) is 0 Å². The Morgan fingerprint density at radius 2 is 2.04 bits per heavy atom. The molecule has 1 atom stereocenters. The minimum absolute atomic E-state index is 0.167. The van der Waals surface area contributed by atoms with E-state index >= 15 is 0 Å². The lowest BCUT2D eigenvalue weighted by Gasteiger charge is -2.34. The zero-order valence-electron chi connectivity index (χ0n) is 13.1. The smallest absolute Gasteiger partial charge is 0.261 e. The van der Waals surface area contributed by atoms with E-state index in [9.17, 15) is 9.59 Å². The third-order valence-corrected chi connectivity index (χ3v) is 4.18. The third-order valence-electron chi connectivity index (χ3n) is 4.18. The van der Waals surface area contributed by atoms with Crippen molar-refractivity contribution < 1.29 is 14.3 Å². The number of hydrogen-bond donors (Lipinski definition) is 1. The first-order valence-electron chi connectivity index (χ1n) is 7.69. The van der Waals surface area contributed by atoms with Crippen molar-refractivity contribution in [2.75, 3.05) is 13.2 Å². The van der Waals surface area contributed by atoms with Crippen LogP contribution in [0.25, 0.3) is 0 Å². The van der Waals surface area contributed by atoms with E-state index in [-0.39, 0.29) is 12.5 Å². The fourth-order valence-electron chi connectivity index (χ4n) is 3.06. The van der Waals surface area contributed by atoms with Crippen LogP contribution in [0.15, 0.2) is 48.9 Å². The standard InChI is InChI=1S/C17H18N4O3/c18-16(23)17(14-11-19-8-9-20-14)7-4-10-21(17)15(22)12-24-13-5-2-1-3-6-13/h1-3,5-6,8-9,11H,4,7,10,12H2,(H2,18,23)/t17-/m1/s1. The fourth-order valence-corrected chi connectivity index (χ4v) is 3.06. The molecule has 0 bridgehead atoms. The predicted octanol–water partition coefficient (Wildman–Crippen LogP) is 0.859. The van der Waals surface area contributed by atoms with Crippen molar-refractivity contribution in [1.29, 1.82) is 0 Å². The number of aromatic nitrogens is 2. The maximum Gasteiger partial charge on any atom is 0.261 e. The number of carbonyl (C=O) groups excluding carboxylic acids is 2. The fraction of sp³-hybridized carbons (Fsp3) is 0.294. The highest BCUT2D eigenvalue weighted by Gasteiger charge is 2.51. The quantitative estimate of drug-likeness (QED) is 0.878. The zero-order chi connectivity index (χ0) is 17.0. The van der Waals surface area contributed by atoms with Crippen molar-refractivity contribution in [1.82, 2.24) is 14.9 Å². The number of benzene rings is 1. The first-order valence-corrected chi connectivity index (χ1v) is 7.69. The Hall–Kier alpha value is -2.96. The summed E-state index contributed by atoms with van der Waals surface area (Å²) in [6.45, 7) is 0.260. The van der Waals surface area contributed by atoms with Crippen LogP contribution in [0.4, 0.5) is 0 Å². The van der Waals surface area contributed by atoms with Crippen LogP contribution in [0.2, 0.25) is 0 Å². The Bertz CT molecular complexity index is 723. The normalized spacial score (nSPS) is 19.9. The molecular formula is C17H18N4O3. The van der Waals surface area contributed by atoms with Gasteiger partial charge in [0.2, 0.25) is 5.91 Å². The molecular weight excluding hydrogens is 308 g/mol. The number of primary amides is 1. The van der Waals surface area contributed by atoms with Crippen LogP contribution in [0.1, 0.15) is 18.5 Å². The molecule has 1 saturated heterocycles. The van der Waals surface area contributed by atoms with Crippen LogP contribution in [-0.4, -0.2) is 39.8 Å². The van der Waals surface area contributed by atoms with E-state index in [1.165, 1.54) is 23.5 Å². The van der Waals surface area contributed by atoms with E-state index in [2.05, 4.69) is 9.97 Å². The summed E-state index contributed by atoms with van der Waals surface area (Å²) in [7, 11) is 0. The molecule has 0 unspecified atom stereocenters. The van der Waals surface area contributed by atoms with E-state index in [1.54, 1.807) is 12.1 Å². The van der Waals surface area contributed by atoms with Crippen LogP contribution >= 0.6 is 0 Å². The number of amides is 2. The predicted molar refractivity (Wildman–Crippen MR) is 85.8 cm³/mol. The lowest BCUT2D eigenvalue weighted by Crippen LogP contribution is -2.55. The number of nitrogens with two attached hydrogens (primary N) is 1. The summed E-state index contributed by atoms with van der Waals surface area (Å²) < 4.78 is 5.51. The zero-order valence-corrected chi connectivity index (χ0v) is 13.1. The number of likely N-dealkylation sites (tertiary alicyclic amines) is 1. The molecule has 1 aromatic heterocycles. The van der Waals surface area contributed by atoms with Gasteiger partial charge in [0.15, 0.2) is 12.1 Å². The monoisotopic (exact) mass is 326 g/mol. The number of ether oxygens (including phenoxy) is 1. The molecule has 3 rings (SSSR count). The first-order chi connectivity index (χ1) is 11.6. The molecule has 7 nitrogen and oxygen atoms in total. The van der Waals surface area contributed by atoms with E-state index in [1.807, 2.05) is 18.2 Å². The molecule has 1 fully saturated rings. The lowest BCUT2D eigenvalue weighted by atomic mass is 9.91. The largest absolute Gasteiger partial charge is 0.484 e. The van der Waals surface area contributed by atoms with Gasteiger partial charge in [-0.05, 0) is 25.0 Å². The van der Waals surface area contributed by atoms with Crippen molar-refractivity contribution in [3.05, 3.63) is 54.6 Å². The number of carbonyl (C=O) groups is 2. The van der Waals surface area contributed by atoms with Gasteiger partial charge in [-0.1, -0.05) is 18.2 Å². The summed E-state index contributed by atoms with van der Waals surface area (Å²) in [5, 5.41) is 0. The van der Waals surface area contributed by atoms with E-state index in [4.69, 9.17) is 10.5 Å². The maximum absolute atomic E-state index is 12.7. The van der Waals surface area contributed by atoms with Crippen LogP contribution in [0.5, 0.6) is 5.75 Å². The molecule has 1 aliphatic heterocycles. The third kappa shape index (κ3) is 2.80. The maximum atomic E-state index is 12.7. The Labute approximate surface area is 139 Å². The minimum Gasteiger partial charge on any atom is -0.484 e.